The highest BCUT2D eigenvalue weighted by atomic mass is 19.4. The number of alkyl halides is 3. The van der Waals surface area contributed by atoms with Crippen LogP contribution in [-0.4, -0.2) is 14.5 Å². The van der Waals surface area contributed by atoms with Gasteiger partial charge in [0.1, 0.15) is 0 Å². The molecule has 0 saturated carbocycles. The minimum Gasteiger partial charge on any atom is -0.345 e. The molecule has 0 aliphatic heterocycles. The molecule has 0 saturated heterocycles. The van der Waals surface area contributed by atoms with Crippen LogP contribution >= 0.6 is 0 Å². The zero-order chi connectivity index (χ0) is 17.6. The number of benzene rings is 2. The van der Waals surface area contributed by atoms with E-state index in [1.807, 2.05) is 29.7 Å². The van der Waals surface area contributed by atoms with Gasteiger partial charge in [0.2, 0.25) is 0 Å². The van der Waals surface area contributed by atoms with Crippen LogP contribution in [0.5, 0.6) is 0 Å². The van der Waals surface area contributed by atoms with Gasteiger partial charge in [-0.05, 0) is 48.9 Å². The molecule has 3 nitrogen and oxygen atoms in total. The molecular weight excluding hydrogens is 327 g/mol. The van der Waals surface area contributed by atoms with E-state index in [0.717, 1.165) is 40.2 Å². The van der Waals surface area contributed by atoms with Gasteiger partial charge in [-0.3, -0.25) is 0 Å². The maximum atomic E-state index is 12.8. The average Bonchev–Trinajstić information content (AvgIpc) is 3.19. The lowest BCUT2D eigenvalue weighted by molar-refractivity contribution is -0.137. The smallest absolute Gasteiger partial charge is 0.345 e. The fourth-order valence-corrected chi connectivity index (χ4v) is 2.92. The zero-order valence-electron chi connectivity index (χ0n) is 13.2. The number of hydrogen-bond acceptors (Lipinski definition) is 1. The number of hydrogen-bond donors (Lipinski definition) is 1. The Morgan fingerprint density at radius 1 is 1.08 bits per heavy atom. The number of aromatic nitrogens is 3. The molecule has 0 amide bonds. The average molecular weight is 340 g/mol. The Morgan fingerprint density at radius 3 is 2.56 bits per heavy atom. The Kier molecular flexibility index (Phi) is 3.42. The summed E-state index contributed by atoms with van der Waals surface area (Å²) in [5.41, 5.74) is 4.31. The second-order valence-corrected chi connectivity index (χ2v) is 5.77. The molecule has 4 rings (SSSR count). The second kappa shape index (κ2) is 5.51. The monoisotopic (exact) mass is 340 g/mol. The lowest BCUT2D eigenvalue weighted by atomic mass is 10.1. The van der Waals surface area contributed by atoms with Crippen molar-refractivity contribution in [2.24, 2.45) is 0 Å². The van der Waals surface area contributed by atoms with Gasteiger partial charge in [0.15, 0.2) is 0 Å². The summed E-state index contributed by atoms with van der Waals surface area (Å²) < 4.78 is 40.3. The van der Waals surface area contributed by atoms with Gasteiger partial charge in [0, 0.05) is 17.4 Å². The summed E-state index contributed by atoms with van der Waals surface area (Å²) in [7, 11) is 0. The highest BCUT2D eigenvalue weighted by molar-refractivity contribution is 5.78. The highest BCUT2D eigenvalue weighted by Gasteiger charge is 2.30. The van der Waals surface area contributed by atoms with E-state index in [9.17, 15) is 13.2 Å². The summed E-state index contributed by atoms with van der Waals surface area (Å²) in [6, 6.07) is 15.9. The second-order valence-electron chi connectivity index (χ2n) is 5.77. The first kappa shape index (κ1) is 15.5. The normalized spacial score (nSPS) is 12.0. The van der Waals surface area contributed by atoms with Crippen molar-refractivity contribution in [3.05, 3.63) is 72.2 Å². The quantitative estimate of drug-likeness (QED) is 0.538. The van der Waals surface area contributed by atoms with E-state index in [4.69, 9.17) is 0 Å². The number of H-pyrrole nitrogens is 1. The Labute approximate surface area is 141 Å². The molecule has 0 bridgehead atoms. The van der Waals surface area contributed by atoms with E-state index in [-0.39, 0.29) is 0 Å². The van der Waals surface area contributed by atoms with Gasteiger partial charge in [-0.2, -0.15) is 13.2 Å². The fraction of sp³-hybridized carbons (Fsp3) is 0.105. The van der Waals surface area contributed by atoms with E-state index in [2.05, 4.69) is 16.0 Å². The van der Waals surface area contributed by atoms with Crippen LogP contribution in [0.4, 0.5) is 13.2 Å². The van der Waals surface area contributed by atoms with Crippen molar-refractivity contribution in [1.29, 1.82) is 0 Å². The summed E-state index contributed by atoms with van der Waals surface area (Å²) in [6.07, 6.45) is -2.71. The third kappa shape index (κ3) is 2.69. The molecule has 1 radical (unpaired) electrons. The first-order valence-electron chi connectivity index (χ1n) is 7.64. The third-order valence-electron chi connectivity index (χ3n) is 4.17. The van der Waals surface area contributed by atoms with E-state index in [1.165, 1.54) is 12.1 Å². The molecule has 2 aromatic carbocycles. The molecule has 2 heterocycles. The number of halogens is 3. The Balaban J connectivity index is 1.82. The van der Waals surface area contributed by atoms with E-state index < -0.39 is 11.7 Å². The molecule has 0 aliphatic rings. The molecule has 4 aromatic rings. The van der Waals surface area contributed by atoms with Gasteiger partial charge in [-0.1, -0.05) is 12.1 Å². The van der Waals surface area contributed by atoms with Gasteiger partial charge in [0.05, 0.1) is 28.6 Å². The summed E-state index contributed by atoms with van der Waals surface area (Å²) in [5, 5.41) is 0. The molecular formula is C19H13F3N3. The molecule has 0 unspecified atom stereocenters. The van der Waals surface area contributed by atoms with Crippen molar-refractivity contribution in [3.63, 3.8) is 0 Å². The molecule has 6 heteroatoms. The van der Waals surface area contributed by atoms with Crippen LogP contribution in [-0.2, 0) is 6.18 Å². The topological polar surface area (TPSA) is 33.6 Å². The number of nitrogens with one attached hydrogen (secondary N) is 1. The van der Waals surface area contributed by atoms with Crippen molar-refractivity contribution in [3.8, 4) is 16.9 Å². The number of fused-ring (bicyclic) bond motifs is 1. The predicted molar refractivity (Wildman–Crippen MR) is 89.4 cm³/mol. The van der Waals surface area contributed by atoms with E-state index in [0.29, 0.717) is 5.56 Å². The summed E-state index contributed by atoms with van der Waals surface area (Å²) in [4.78, 5) is 7.29. The summed E-state index contributed by atoms with van der Waals surface area (Å²) in [5.74, 6) is 0. The van der Waals surface area contributed by atoms with Gasteiger partial charge >= 0.3 is 6.18 Å². The maximum absolute atomic E-state index is 12.8. The Morgan fingerprint density at radius 2 is 1.84 bits per heavy atom. The Hall–Kier alpha value is -3.02. The standard InChI is InChI=1S/C19H13F3N3/c1-12-2-9-18(13-3-5-14(6-4-13)19(20,21)22)25(12)15-7-8-16-17(10-15)24-11-23-16/h3-11H,1H3,(H,23,24). The van der Waals surface area contributed by atoms with Crippen molar-refractivity contribution in [2.75, 3.05) is 0 Å². The van der Waals surface area contributed by atoms with Gasteiger partial charge in [-0.25, -0.2) is 4.98 Å². The molecule has 0 fully saturated rings. The predicted octanol–water partition coefficient (Wildman–Crippen LogP) is 5.15. The number of nitrogens with zero attached hydrogens (tertiary/aromatic N) is 2. The van der Waals surface area contributed by atoms with E-state index in [1.54, 1.807) is 12.4 Å². The van der Waals surface area contributed by atoms with Crippen molar-refractivity contribution in [2.45, 2.75) is 13.1 Å². The SMILES string of the molecule is Cc1[c]cc(-c2ccc(C(F)(F)F)cc2)n1-c1ccc2[nH]cnc2c1. The molecule has 0 spiro atoms. The van der Waals surface area contributed by atoms with E-state index >= 15 is 0 Å². The van der Waals surface area contributed by atoms with Crippen LogP contribution in [0.2, 0.25) is 0 Å². The van der Waals surface area contributed by atoms with Crippen LogP contribution in [0.3, 0.4) is 0 Å². The van der Waals surface area contributed by atoms with Crippen LogP contribution < -0.4 is 0 Å². The van der Waals surface area contributed by atoms with Crippen LogP contribution in [0.15, 0.2) is 54.9 Å². The van der Waals surface area contributed by atoms with Crippen molar-refractivity contribution in [1.82, 2.24) is 14.5 Å². The molecule has 0 aliphatic carbocycles. The number of aryl methyl sites for hydroxylation is 1. The fourth-order valence-electron chi connectivity index (χ4n) is 2.92. The highest BCUT2D eigenvalue weighted by Crippen LogP contribution is 2.32. The van der Waals surface area contributed by atoms with Crippen LogP contribution in [0, 0.1) is 13.0 Å². The maximum Gasteiger partial charge on any atom is 0.416 e. The molecule has 0 atom stereocenters. The minimum absolute atomic E-state index is 0.659. The molecule has 125 valence electrons. The summed E-state index contributed by atoms with van der Waals surface area (Å²) >= 11 is 0. The van der Waals surface area contributed by atoms with Gasteiger partial charge < -0.3 is 9.55 Å². The Bertz CT molecular complexity index is 1040. The number of rotatable bonds is 2. The lowest BCUT2D eigenvalue weighted by Crippen LogP contribution is -2.04. The number of imidazole rings is 1. The first-order valence-corrected chi connectivity index (χ1v) is 7.64. The van der Waals surface area contributed by atoms with Crippen molar-refractivity contribution >= 4 is 11.0 Å². The van der Waals surface area contributed by atoms with Crippen LogP contribution in [0.25, 0.3) is 28.0 Å². The van der Waals surface area contributed by atoms with Gasteiger partial charge in [-0.15, -0.1) is 0 Å². The van der Waals surface area contributed by atoms with Crippen LogP contribution in [0.1, 0.15) is 11.3 Å². The zero-order valence-corrected chi connectivity index (χ0v) is 13.2. The molecule has 2 aromatic heterocycles. The number of aromatic amines is 1. The largest absolute Gasteiger partial charge is 0.416 e. The molecule has 1 N–H and O–H groups in total. The third-order valence-corrected chi connectivity index (χ3v) is 4.17. The van der Waals surface area contributed by atoms with Crippen molar-refractivity contribution < 1.29 is 13.2 Å². The van der Waals surface area contributed by atoms with Gasteiger partial charge in [0.25, 0.3) is 0 Å². The lowest BCUT2D eigenvalue weighted by Gasteiger charge is -2.13. The first-order chi connectivity index (χ1) is 11.9. The minimum atomic E-state index is -4.34. The summed E-state index contributed by atoms with van der Waals surface area (Å²) in [6.45, 7) is 1.91. The molecule has 25 heavy (non-hydrogen) atoms.